The first-order valence-corrected chi connectivity index (χ1v) is 12.4. The molecule has 2 nitrogen and oxygen atoms in total. The molecule has 0 saturated heterocycles. The molecule has 0 bridgehead atoms. The Kier molecular flexibility index (Phi) is 7.36. The summed E-state index contributed by atoms with van der Waals surface area (Å²) < 4.78 is 12.8. The molecule has 0 unspecified atom stereocenters. The standard InChI is InChI=1S/C28H38O2/c1-3-5-19-29-25-17-15-21-11-7-9-13-23(21)27(25)28-24-14-10-8-12-22(24)16-18-26(28)30-20-6-4-2/h15-18H,3-14,19-20H2,1-2H3. The Hall–Kier alpha value is -1.96. The molecule has 162 valence electrons. The molecule has 0 atom stereocenters. The van der Waals surface area contributed by atoms with Crippen LogP contribution in [0.1, 0.15) is 87.5 Å². The minimum atomic E-state index is 0.795. The van der Waals surface area contributed by atoms with Crippen molar-refractivity contribution in [1.82, 2.24) is 0 Å². The van der Waals surface area contributed by atoms with Gasteiger partial charge in [-0.25, -0.2) is 0 Å². The topological polar surface area (TPSA) is 18.5 Å². The normalized spacial score (nSPS) is 15.4. The molecule has 2 aliphatic rings. The average molecular weight is 407 g/mol. The Bertz CT molecular complexity index is 781. The monoisotopic (exact) mass is 406 g/mol. The van der Waals surface area contributed by atoms with Gasteiger partial charge in [-0.15, -0.1) is 0 Å². The number of fused-ring (bicyclic) bond motifs is 2. The fourth-order valence-corrected chi connectivity index (χ4v) is 5.05. The van der Waals surface area contributed by atoms with Crippen molar-refractivity contribution in [2.24, 2.45) is 0 Å². The highest BCUT2D eigenvalue weighted by atomic mass is 16.5. The molecule has 0 aliphatic heterocycles. The van der Waals surface area contributed by atoms with E-state index in [4.69, 9.17) is 9.47 Å². The van der Waals surface area contributed by atoms with E-state index < -0.39 is 0 Å². The lowest BCUT2D eigenvalue weighted by molar-refractivity contribution is 0.305. The van der Waals surface area contributed by atoms with E-state index in [2.05, 4.69) is 38.1 Å². The third-order valence-corrected chi connectivity index (χ3v) is 6.75. The highest BCUT2D eigenvalue weighted by Crippen LogP contribution is 2.46. The summed E-state index contributed by atoms with van der Waals surface area (Å²) >= 11 is 0. The van der Waals surface area contributed by atoms with Crippen molar-refractivity contribution >= 4 is 0 Å². The van der Waals surface area contributed by atoms with E-state index in [1.54, 1.807) is 0 Å². The van der Waals surface area contributed by atoms with Crippen LogP contribution in [0.2, 0.25) is 0 Å². The van der Waals surface area contributed by atoms with Crippen LogP contribution in [0.25, 0.3) is 11.1 Å². The van der Waals surface area contributed by atoms with E-state index in [1.807, 2.05) is 0 Å². The Morgan fingerprint density at radius 3 is 1.47 bits per heavy atom. The minimum Gasteiger partial charge on any atom is -0.493 e. The fourth-order valence-electron chi connectivity index (χ4n) is 5.05. The number of ether oxygens (including phenoxy) is 2. The summed E-state index contributed by atoms with van der Waals surface area (Å²) in [5.41, 5.74) is 8.80. The second kappa shape index (κ2) is 10.4. The molecule has 0 aromatic heterocycles. The second-order valence-electron chi connectivity index (χ2n) is 8.97. The lowest BCUT2D eigenvalue weighted by Crippen LogP contribution is -2.12. The number of benzene rings is 2. The third kappa shape index (κ3) is 4.53. The van der Waals surface area contributed by atoms with Gasteiger partial charge in [0.1, 0.15) is 11.5 Å². The van der Waals surface area contributed by atoms with Gasteiger partial charge in [-0.05, 0) is 98.6 Å². The molecule has 2 aliphatic carbocycles. The molecule has 0 spiro atoms. The number of unbranched alkanes of at least 4 members (excludes halogenated alkanes) is 2. The maximum Gasteiger partial charge on any atom is 0.127 e. The van der Waals surface area contributed by atoms with Crippen LogP contribution in [-0.4, -0.2) is 13.2 Å². The first-order valence-electron chi connectivity index (χ1n) is 12.4. The van der Waals surface area contributed by atoms with Gasteiger partial charge in [-0.1, -0.05) is 38.8 Å². The van der Waals surface area contributed by atoms with Crippen molar-refractivity contribution in [1.29, 1.82) is 0 Å². The molecule has 0 fully saturated rings. The second-order valence-corrected chi connectivity index (χ2v) is 8.97. The third-order valence-electron chi connectivity index (χ3n) is 6.75. The van der Waals surface area contributed by atoms with Crippen molar-refractivity contribution in [3.05, 3.63) is 46.5 Å². The van der Waals surface area contributed by atoms with Crippen molar-refractivity contribution in [3.63, 3.8) is 0 Å². The SMILES string of the molecule is CCCCOc1ccc2c(c1-c1c(OCCCC)ccc3c1CCCC3)CCCC2. The average Bonchev–Trinajstić information content (AvgIpc) is 2.79. The first kappa shape index (κ1) is 21.3. The number of hydrogen-bond acceptors (Lipinski definition) is 2. The van der Waals surface area contributed by atoms with Gasteiger partial charge in [0, 0.05) is 11.1 Å². The predicted molar refractivity (Wildman–Crippen MR) is 126 cm³/mol. The Morgan fingerprint density at radius 2 is 1.03 bits per heavy atom. The lowest BCUT2D eigenvalue weighted by atomic mass is 9.80. The van der Waals surface area contributed by atoms with Gasteiger partial charge < -0.3 is 9.47 Å². The number of hydrogen-bond donors (Lipinski definition) is 0. The molecule has 0 amide bonds. The van der Waals surface area contributed by atoms with E-state index >= 15 is 0 Å². The van der Waals surface area contributed by atoms with Gasteiger partial charge >= 0.3 is 0 Å². The zero-order chi connectivity index (χ0) is 20.8. The van der Waals surface area contributed by atoms with Gasteiger partial charge in [0.15, 0.2) is 0 Å². The van der Waals surface area contributed by atoms with Crippen LogP contribution in [0.4, 0.5) is 0 Å². The molecule has 0 radical (unpaired) electrons. The quantitative estimate of drug-likeness (QED) is 0.402. The summed E-state index contributed by atoms with van der Waals surface area (Å²) in [7, 11) is 0. The van der Waals surface area contributed by atoms with E-state index in [-0.39, 0.29) is 0 Å². The molecular weight excluding hydrogens is 368 g/mol. The fraction of sp³-hybridized carbons (Fsp3) is 0.571. The van der Waals surface area contributed by atoms with Crippen LogP contribution < -0.4 is 9.47 Å². The zero-order valence-electron chi connectivity index (χ0n) is 19.0. The van der Waals surface area contributed by atoms with Crippen LogP contribution in [-0.2, 0) is 25.7 Å². The van der Waals surface area contributed by atoms with E-state index in [1.165, 1.54) is 71.9 Å². The Balaban J connectivity index is 1.86. The van der Waals surface area contributed by atoms with Gasteiger partial charge in [0.25, 0.3) is 0 Å². The van der Waals surface area contributed by atoms with Gasteiger partial charge in [0.2, 0.25) is 0 Å². The molecule has 0 heterocycles. The van der Waals surface area contributed by atoms with E-state index in [0.717, 1.165) is 63.2 Å². The first-order chi connectivity index (χ1) is 14.8. The van der Waals surface area contributed by atoms with Crippen molar-refractivity contribution in [2.75, 3.05) is 13.2 Å². The summed E-state index contributed by atoms with van der Waals surface area (Å²) in [6, 6.07) is 9.14. The largest absolute Gasteiger partial charge is 0.493 e. The Labute approximate surface area is 183 Å². The van der Waals surface area contributed by atoms with Crippen LogP contribution in [0.3, 0.4) is 0 Å². The van der Waals surface area contributed by atoms with Crippen LogP contribution >= 0.6 is 0 Å². The van der Waals surface area contributed by atoms with Crippen molar-refractivity contribution in [2.45, 2.75) is 90.9 Å². The smallest absolute Gasteiger partial charge is 0.127 e. The predicted octanol–water partition coefficient (Wildman–Crippen LogP) is 7.47. The van der Waals surface area contributed by atoms with Gasteiger partial charge in [-0.3, -0.25) is 0 Å². The summed E-state index contributed by atoms with van der Waals surface area (Å²) in [6.07, 6.45) is 14.4. The molecule has 2 heteroatoms. The van der Waals surface area contributed by atoms with Crippen molar-refractivity contribution in [3.8, 4) is 22.6 Å². The van der Waals surface area contributed by atoms with E-state index in [0.29, 0.717) is 0 Å². The minimum absolute atomic E-state index is 0.795. The van der Waals surface area contributed by atoms with Crippen LogP contribution in [0, 0.1) is 0 Å². The number of rotatable bonds is 9. The Morgan fingerprint density at radius 1 is 0.600 bits per heavy atom. The van der Waals surface area contributed by atoms with Crippen molar-refractivity contribution < 1.29 is 9.47 Å². The highest BCUT2D eigenvalue weighted by Gasteiger charge is 2.26. The summed E-state index contributed by atoms with van der Waals surface area (Å²) in [5, 5.41) is 0. The summed E-state index contributed by atoms with van der Waals surface area (Å²) in [5.74, 6) is 2.15. The number of aryl methyl sites for hydroxylation is 2. The summed E-state index contributed by atoms with van der Waals surface area (Å²) in [6.45, 7) is 6.04. The molecular formula is C28H38O2. The van der Waals surface area contributed by atoms with Crippen LogP contribution in [0.15, 0.2) is 24.3 Å². The molecule has 2 aromatic rings. The van der Waals surface area contributed by atoms with Gasteiger partial charge in [-0.2, -0.15) is 0 Å². The lowest BCUT2D eigenvalue weighted by Gasteiger charge is -2.28. The molecule has 2 aromatic carbocycles. The van der Waals surface area contributed by atoms with Gasteiger partial charge in [0.05, 0.1) is 13.2 Å². The molecule has 4 rings (SSSR count). The molecule has 0 N–H and O–H groups in total. The maximum absolute atomic E-state index is 6.41. The zero-order valence-corrected chi connectivity index (χ0v) is 19.0. The molecule has 30 heavy (non-hydrogen) atoms. The highest BCUT2D eigenvalue weighted by molar-refractivity contribution is 5.83. The summed E-state index contributed by atoms with van der Waals surface area (Å²) in [4.78, 5) is 0. The maximum atomic E-state index is 6.41. The van der Waals surface area contributed by atoms with E-state index in [9.17, 15) is 0 Å². The van der Waals surface area contributed by atoms with Crippen LogP contribution in [0.5, 0.6) is 11.5 Å². The molecule has 0 saturated carbocycles.